The molecule has 2 atom stereocenters. The van der Waals surface area contributed by atoms with E-state index in [-0.39, 0.29) is 13.0 Å². The third-order valence-electron chi connectivity index (χ3n) is 3.33. The average Bonchev–Trinajstić information content (AvgIpc) is 2.98. The first-order valence-electron chi connectivity index (χ1n) is 6.74. The number of nitrogens with zero attached hydrogens (tertiary/aromatic N) is 1. The highest BCUT2D eigenvalue weighted by Crippen LogP contribution is 2.27. The molecule has 22 heavy (non-hydrogen) atoms. The van der Waals surface area contributed by atoms with Crippen molar-refractivity contribution >= 4 is 11.3 Å². The molecule has 2 N–H and O–H groups in total. The van der Waals surface area contributed by atoms with Crippen molar-refractivity contribution in [3.8, 4) is 0 Å². The monoisotopic (exact) mass is 330 g/mol. The highest BCUT2D eigenvalue weighted by atomic mass is 32.1. The van der Waals surface area contributed by atoms with Gasteiger partial charge in [0.25, 0.3) is 0 Å². The molecule has 2 aromatic rings. The van der Waals surface area contributed by atoms with Crippen LogP contribution in [-0.4, -0.2) is 28.9 Å². The maximum atomic E-state index is 13.2. The Kier molecular flexibility index (Phi) is 5.20. The maximum Gasteiger partial charge on any atom is 0.404 e. The van der Waals surface area contributed by atoms with Crippen LogP contribution in [0.25, 0.3) is 0 Å². The van der Waals surface area contributed by atoms with E-state index in [1.165, 1.54) is 30.7 Å². The van der Waals surface area contributed by atoms with Gasteiger partial charge in [-0.25, -0.2) is 0 Å². The van der Waals surface area contributed by atoms with E-state index < -0.39 is 17.8 Å². The minimum absolute atomic E-state index is 0.178. The fourth-order valence-corrected chi connectivity index (χ4v) is 2.84. The lowest BCUT2D eigenvalue weighted by Gasteiger charge is -2.28. The molecular weight excluding hydrogens is 313 g/mol. The summed E-state index contributed by atoms with van der Waals surface area (Å²) in [5, 5.41) is 14.6. The summed E-state index contributed by atoms with van der Waals surface area (Å²) in [6.07, 6.45) is -1.67. The molecule has 0 saturated carbocycles. The van der Waals surface area contributed by atoms with Gasteiger partial charge in [-0.1, -0.05) is 6.07 Å². The zero-order chi connectivity index (χ0) is 16.2. The molecule has 0 amide bonds. The molecule has 0 aliphatic carbocycles. The van der Waals surface area contributed by atoms with Crippen LogP contribution in [-0.2, 0) is 12.0 Å². The minimum Gasteiger partial charge on any atom is -0.383 e. The van der Waals surface area contributed by atoms with Gasteiger partial charge in [-0.2, -0.15) is 13.2 Å². The predicted molar refractivity (Wildman–Crippen MR) is 79.7 cm³/mol. The van der Waals surface area contributed by atoms with Gasteiger partial charge in [-0.15, -0.1) is 11.3 Å². The number of pyridine rings is 1. The molecule has 120 valence electrons. The summed E-state index contributed by atoms with van der Waals surface area (Å²) in [5.74, 6) is 0. The van der Waals surface area contributed by atoms with Gasteiger partial charge in [-0.05, 0) is 42.5 Å². The van der Waals surface area contributed by atoms with Gasteiger partial charge >= 0.3 is 6.18 Å². The van der Waals surface area contributed by atoms with E-state index in [1.807, 2.05) is 0 Å². The van der Waals surface area contributed by atoms with Gasteiger partial charge < -0.3 is 10.4 Å². The van der Waals surface area contributed by atoms with Crippen molar-refractivity contribution in [2.24, 2.45) is 0 Å². The van der Waals surface area contributed by atoms with Crippen LogP contribution in [0.1, 0.15) is 17.4 Å². The summed E-state index contributed by atoms with van der Waals surface area (Å²) in [6.45, 7) is 1.33. The number of hydrogen-bond donors (Lipinski definition) is 2. The van der Waals surface area contributed by atoms with E-state index in [1.54, 1.807) is 29.6 Å². The second kappa shape index (κ2) is 6.76. The van der Waals surface area contributed by atoms with E-state index in [0.29, 0.717) is 10.4 Å². The lowest BCUT2D eigenvalue weighted by molar-refractivity contribution is -0.157. The van der Waals surface area contributed by atoms with Crippen LogP contribution in [0.2, 0.25) is 0 Å². The Labute approximate surface area is 130 Å². The third-order valence-corrected chi connectivity index (χ3v) is 4.45. The van der Waals surface area contributed by atoms with E-state index in [4.69, 9.17) is 0 Å². The van der Waals surface area contributed by atoms with E-state index in [2.05, 4.69) is 10.3 Å². The predicted octanol–water partition coefficient (Wildman–Crippen LogP) is 3.11. The Balaban J connectivity index is 2.05. The van der Waals surface area contributed by atoms with Gasteiger partial charge in [-0.3, -0.25) is 4.98 Å². The Morgan fingerprint density at radius 2 is 1.95 bits per heavy atom. The molecule has 0 spiro atoms. The second-order valence-electron chi connectivity index (χ2n) is 5.29. The van der Waals surface area contributed by atoms with Gasteiger partial charge in [0.1, 0.15) is 11.6 Å². The lowest BCUT2D eigenvalue weighted by Crippen LogP contribution is -2.48. The first-order valence-corrected chi connectivity index (χ1v) is 7.62. The SMILES string of the molecule is CC(O)(CNC(Cc1ccncc1)C(F)(F)F)c1cccs1. The molecule has 2 heterocycles. The van der Waals surface area contributed by atoms with E-state index >= 15 is 0 Å². The quantitative estimate of drug-likeness (QED) is 0.855. The summed E-state index contributed by atoms with van der Waals surface area (Å²) in [4.78, 5) is 4.42. The van der Waals surface area contributed by atoms with Crippen molar-refractivity contribution in [3.05, 3.63) is 52.5 Å². The molecule has 0 aromatic carbocycles. The van der Waals surface area contributed by atoms with Crippen molar-refractivity contribution in [2.75, 3.05) is 6.54 Å². The average molecular weight is 330 g/mol. The van der Waals surface area contributed by atoms with Gasteiger partial charge in [0.15, 0.2) is 0 Å². The molecule has 0 bridgehead atoms. The largest absolute Gasteiger partial charge is 0.404 e. The van der Waals surface area contributed by atoms with Crippen molar-refractivity contribution in [3.63, 3.8) is 0 Å². The fraction of sp³-hybridized carbons (Fsp3) is 0.400. The molecular formula is C15H17F3N2OS. The smallest absolute Gasteiger partial charge is 0.383 e. The van der Waals surface area contributed by atoms with Crippen LogP contribution in [0, 0.1) is 0 Å². The number of hydrogen-bond acceptors (Lipinski definition) is 4. The van der Waals surface area contributed by atoms with Crippen molar-refractivity contribution in [1.29, 1.82) is 0 Å². The number of halogens is 3. The van der Waals surface area contributed by atoms with Crippen LogP contribution in [0.15, 0.2) is 42.0 Å². The van der Waals surface area contributed by atoms with E-state index in [9.17, 15) is 18.3 Å². The first-order chi connectivity index (χ1) is 10.3. The molecule has 2 aromatic heterocycles. The van der Waals surface area contributed by atoms with Crippen LogP contribution >= 0.6 is 11.3 Å². The maximum absolute atomic E-state index is 13.2. The number of rotatable bonds is 6. The summed E-state index contributed by atoms with van der Waals surface area (Å²) in [5.41, 5.74) is -0.795. The van der Waals surface area contributed by atoms with Gasteiger partial charge in [0, 0.05) is 23.8 Å². The summed E-state index contributed by atoms with van der Waals surface area (Å²) in [7, 11) is 0. The minimum atomic E-state index is -4.39. The van der Waals surface area contributed by atoms with Gasteiger partial charge in [0.2, 0.25) is 0 Å². The zero-order valence-electron chi connectivity index (χ0n) is 12.0. The molecule has 0 saturated heterocycles. The first kappa shape index (κ1) is 16.9. The fourth-order valence-electron chi connectivity index (χ4n) is 2.05. The van der Waals surface area contributed by atoms with Gasteiger partial charge in [0.05, 0.1) is 0 Å². The molecule has 0 radical (unpaired) electrons. The van der Waals surface area contributed by atoms with E-state index in [0.717, 1.165) is 0 Å². The number of nitrogens with one attached hydrogen (secondary N) is 1. The second-order valence-corrected chi connectivity index (χ2v) is 6.23. The zero-order valence-corrected chi connectivity index (χ0v) is 12.8. The number of aromatic nitrogens is 1. The molecule has 2 rings (SSSR count). The van der Waals surface area contributed by atoms with Crippen LogP contribution in [0.5, 0.6) is 0 Å². The molecule has 7 heteroatoms. The lowest BCUT2D eigenvalue weighted by atomic mass is 10.0. The Bertz CT molecular complexity index is 570. The Hall–Kier alpha value is -1.44. The highest BCUT2D eigenvalue weighted by Gasteiger charge is 2.40. The summed E-state index contributed by atoms with van der Waals surface area (Å²) in [6, 6.07) is 4.85. The molecule has 3 nitrogen and oxygen atoms in total. The number of aliphatic hydroxyl groups is 1. The highest BCUT2D eigenvalue weighted by molar-refractivity contribution is 7.10. The Morgan fingerprint density at radius 1 is 1.27 bits per heavy atom. The van der Waals surface area contributed by atoms with Crippen LogP contribution in [0.3, 0.4) is 0 Å². The molecule has 0 aliphatic rings. The summed E-state index contributed by atoms with van der Waals surface area (Å²) >= 11 is 1.31. The third kappa shape index (κ3) is 4.53. The summed E-state index contributed by atoms with van der Waals surface area (Å²) < 4.78 is 39.5. The number of alkyl halides is 3. The van der Waals surface area contributed by atoms with Crippen LogP contribution < -0.4 is 5.32 Å². The standard InChI is InChI=1S/C15H17F3N2OS/c1-14(21,13-3-2-8-22-13)10-20-12(15(16,17)18)9-11-4-6-19-7-5-11/h2-8,12,20-21H,9-10H2,1H3. The number of thiophene rings is 1. The normalized spacial score (nSPS) is 16.2. The molecule has 2 unspecified atom stereocenters. The van der Waals surface area contributed by atoms with Crippen molar-refractivity contribution < 1.29 is 18.3 Å². The molecule has 0 aliphatic heterocycles. The van der Waals surface area contributed by atoms with Crippen molar-refractivity contribution in [2.45, 2.75) is 31.2 Å². The van der Waals surface area contributed by atoms with Crippen LogP contribution in [0.4, 0.5) is 13.2 Å². The molecule has 0 fully saturated rings. The Morgan fingerprint density at radius 3 is 2.50 bits per heavy atom. The topological polar surface area (TPSA) is 45.1 Å². The van der Waals surface area contributed by atoms with Crippen molar-refractivity contribution in [1.82, 2.24) is 10.3 Å².